The van der Waals surface area contributed by atoms with Crippen molar-refractivity contribution in [3.8, 4) is 0 Å². The summed E-state index contributed by atoms with van der Waals surface area (Å²) in [6, 6.07) is 33.5. The van der Waals surface area contributed by atoms with Crippen LogP contribution in [-0.2, 0) is 39.0 Å². The zero-order valence-electron chi connectivity index (χ0n) is 22.9. The van der Waals surface area contributed by atoms with Crippen LogP contribution in [0.1, 0.15) is 33.9 Å². The lowest BCUT2D eigenvalue weighted by molar-refractivity contribution is 0.252. The van der Waals surface area contributed by atoms with Gasteiger partial charge in [-0.05, 0) is 59.7 Å². The molecule has 0 saturated carbocycles. The molecule has 1 aromatic carbocycles. The number of nitrogens with zero attached hydrogens (tertiary/aromatic N) is 6. The molecular formula is C34H36N6. The summed E-state index contributed by atoms with van der Waals surface area (Å²) in [4.78, 5) is 23.1. The second-order valence-corrected chi connectivity index (χ2v) is 10.0. The largest absolute Gasteiger partial charge is 0.293 e. The molecule has 6 nitrogen and oxygen atoms in total. The van der Waals surface area contributed by atoms with Crippen LogP contribution in [0.3, 0.4) is 0 Å². The molecule has 0 aliphatic heterocycles. The maximum Gasteiger partial charge on any atom is 0.0544 e. The van der Waals surface area contributed by atoms with Gasteiger partial charge >= 0.3 is 0 Å². The van der Waals surface area contributed by atoms with Gasteiger partial charge in [0, 0.05) is 88.3 Å². The number of benzene rings is 1. The fraction of sp³-hybridized carbons (Fsp3) is 0.235. The van der Waals surface area contributed by atoms with Crippen LogP contribution in [0.2, 0.25) is 0 Å². The van der Waals surface area contributed by atoms with Gasteiger partial charge in [0.2, 0.25) is 0 Å². The molecule has 0 N–H and O–H groups in total. The van der Waals surface area contributed by atoms with Gasteiger partial charge in [-0.25, -0.2) is 0 Å². The van der Waals surface area contributed by atoms with Gasteiger partial charge in [-0.15, -0.1) is 0 Å². The average Bonchev–Trinajstić information content (AvgIpc) is 3.01. The number of hydrogen-bond acceptors (Lipinski definition) is 6. The Bertz CT molecular complexity index is 1290. The van der Waals surface area contributed by atoms with Crippen LogP contribution in [0.15, 0.2) is 122 Å². The first-order valence-electron chi connectivity index (χ1n) is 13.9. The second kappa shape index (κ2) is 14.8. The fourth-order valence-electron chi connectivity index (χ4n) is 4.85. The summed E-state index contributed by atoms with van der Waals surface area (Å²) in [6.07, 6.45) is 9.28. The summed E-state index contributed by atoms with van der Waals surface area (Å²) in [5.74, 6) is 0. The minimum absolute atomic E-state index is 0.799. The molecule has 0 spiro atoms. The first kappa shape index (κ1) is 27.3. The fourth-order valence-corrected chi connectivity index (χ4v) is 4.85. The van der Waals surface area contributed by atoms with E-state index in [9.17, 15) is 0 Å². The third-order valence-electron chi connectivity index (χ3n) is 6.85. The highest BCUT2D eigenvalue weighted by Crippen LogP contribution is 2.15. The van der Waals surface area contributed by atoms with Crippen LogP contribution >= 0.6 is 0 Å². The van der Waals surface area contributed by atoms with E-state index in [0.717, 1.165) is 74.9 Å². The van der Waals surface area contributed by atoms with E-state index in [-0.39, 0.29) is 0 Å². The van der Waals surface area contributed by atoms with Gasteiger partial charge in [-0.1, -0.05) is 48.5 Å². The van der Waals surface area contributed by atoms with Crippen LogP contribution in [0.5, 0.6) is 0 Å². The average molecular weight is 529 g/mol. The Balaban J connectivity index is 1.28. The van der Waals surface area contributed by atoms with Gasteiger partial charge in [-0.2, -0.15) is 0 Å². The van der Waals surface area contributed by atoms with Gasteiger partial charge in [0.05, 0.1) is 11.4 Å². The maximum absolute atomic E-state index is 4.58. The molecule has 4 heterocycles. The van der Waals surface area contributed by atoms with Crippen LogP contribution < -0.4 is 0 Å². The molecule has 6 heteroatoms. The SMILES string of the molecule is c1ccc(CCN(Cc2cccc(CN(CCc3ccccn3)Cc3ccccn3)c2)Cc2ccccn2)nc1. The summed E-state index contributed by atoms with van der Waals surface area (Å²) < 4.78 is 0. The predicted molar refractivity (Wildman–Crippen MR) is 159 cm³/mol. The van der Waals surface area contributed by atoms with Gasteiger partial charge in [0.25, 0.3) is 0 Å². The molecule has 0 unspecified atom stereocenters. The van der Waals surface area contributed by atoms with Crippen LogP contribution in [0.25, 0.3) is 0 Å². The van der Waals surface area contributed by atoms with E-state index in [4.69, 9.17) is 0 Å². The molecule has 0 radical (unpaired) electrons. The van der Waals surface area contributed by atoms with Crippen molar-refractivity contribution in [2.45, 2.75) is 39.0 Å². The highest BCUT2D eigenvalue weighted by molar-refractivity contribution is 5.24. The van der Waals surface area contributed by atoms with Crippen LogP contribution in [0, 0.1) is 0 Å². The van der Waals surface area contributed by atoms with Gasteiger partial charge in [-0.3, -0.25) is 29.7 Å². The van der Waals surface area contributed by atoms with Crippen molar-refractivity contribution in [2.24, 2.45) is 0 Å². The summed E-state index contributed by atoms with van der Waals surface area (Å²) in [7, 11) is 0. The van der Waals surface area contributed by atoms with Crippen molar-refractivity contribution in [2.75, 3.05) is 13.1 Å². The number of aromatic nitrogens is 4. The van der Waals surface area contributed by atoms with E-state index in [1.54, 1.807) is 0 Å². The van der Waals surface area contributed by atoms with Crippen molar-refractivity contribution in [1.29, 1.82) is 0 Å². The maximum atomic E-state index is 4.58. The predicted octanol–water partition coefficient (Wildman–Crippen LogP) is 5.76. The van der Waals surface area contributed by atoms with Crippen molar-refractivity contribution in [1.82, 2.24) is 29.7 Å². The van der Waals surface area contributed by atoms with Crippen LogP contribution in [0.4, 0.5) is 0 Å². The highest BCUT2D eigenvalue weighted by Gasteiger charge is 2.12. The van der Waals surface area contributed by atoms with Gasteiger partial charge in [0.1, 0.15) is 0 Å². The molecule has 0 fully saturated rings. The zero-order valence-corrected chi connectivity index (χ0v) is 22.9. The molecule has 5 aromatic rings. The Hall–Kier alpha value is -4.26. The summed E-state index contributed by atoms with van der Waals surface area (Å²) in [6.45, 7) is 5.12. The Morgan fingerprint density at radius 1 is 0.400 bits per heavy atom. The highest BCUT2D eigenvalue weighted by atomic mass is 15.1. The van der Waals surface area contributed by atoms with E-state index >= 15 is 0 Å². The molecule has 4 aromatic heterocycles. The third-order valence-corrected chi connectivity index (χ3v) is 6.85. The Kier molecular flexibility index (Phi) is 10.1. The summed E-state index contributed by atoms with van der Waals surface area (Å²) >= 11 is 0. The van der Waals surface area contributed by atoms with E-state index in [1.165, 1.54) is 11.1 Å². The molecule has 0 saturated heterocycles. The molecule has 202 valence electrons. The Morgan fingerprint density at radius 3 is 1.18 bits per heavy atom. The molecular weight excluding hydrogens is 492 g/mol. The van der Waals surface area contributed by atoms with Crippen molar-refractivity contribution in [3.05, 3.63) is 156 Å². The topological polar surface area (TPSA) is 58.0 Å². The van der Waals surface area contributed by atoms with Crippen molar-refractivity contribution >= 4 is 0 Å². The quantitative estimate of drug-likeness (QED) is 0.183. The lowest BCUT2D eigenvalue weighted by Gasteiger charge is -2.24. The molecule has 0 aliphatic rings. The number of pyridine rings is 4. The van der Waals surface area contributed by atoms with E-state index < -0.39 is 0 Å². The van der Waals surface area contributed by atoms with E-state index in [1.807, 2.05) is 49.1 Å². The standard InChI is InChI=1S/C34H36N6/c1-5-18-35-31(12-1)16-22-39(27-33-14-3-7-20-37-33)25-29-10-9-11-30(24-29)26-40(28-34-15-4-8-21-38-34)23-17-32-13-2-6-19-36-32/h1-15,18-21,24H,16-17,22-23,25-28H2. The lowest BCUT2D eigenvalue weighted by atomic mass is 10.1. The minimum atomic E-state index is 0.799. The molecule has 40 heavy (non-hydrogen) atoms. The second-order valence-electron chi connectivity index (χ2n) is 10.0. The normalized spacial score (nSPS) is 11.2. The lowest BCUT2D eigenvalue weighted by Crippen LogP contribution is -2.27. The smallest absolute Gasteiger partial charge is 0.0544 e. The zero-order chi connectivity index (χ0) is 27.2. The third kappa shape index (κ3) is 8.90. The minimum Gasteiger partial charge on any atom is -0.293 e. The Labute approximate surface area is 237 Å². The van der Waals surface area contributed by atoms with Crippen molar-refractivity contribution < 1.29 is 0 Å². The monoisotopic (exact) mass is 528 g/mol. The molecule has 0 aliphatic carbocycles. The molecule has 0 bridgehead atoms. The number of hydrogen-bond donors (Lipinski definition) is 0. The van der Waals surface area contributed by atoms with E-state index in [2.05, 4.69) is 103 Å². The van der Waals surface area contributed by atoms with Gasteiger partial charge in [0.15, 0.2) is 0 Å². The van der Waals surface area contributed by atoms with Crippen LogP contribution in [-0.4, -0.2) is 42.8 Å². The first-order valence-corrected chi connectivity index (χ1v) is 13.9. The van der Waals surface area contributed by atoms with Gasteiger partial charge < -0.3 is 0 Å². The Morgan fingerprint density at radius 2 is 0.800 bits per heavy atom. The van der Waals surface area contributed by atoms with E-state index in [0.29, 0.717) is 0 Å². The molecule has 0 atom stereocenters. The number of rotatable bonds is 14. The van der Waals surface area contributed by atoms with Crippen molar-refractivity contribution in [3.63, 3.8) is 0 Å². The first-order chi connectivity index (χ1) is 19.8. The summed E-state index contributed by atoms with van der Waals surface area (Å²) in [5, 5.41) is 0. The molecule has 0 amide bonds. The summed E-state index contributed by atoms with van der Waals surface area (Å²) in [5.41, 5.74) is 6.99. The molecule has 5 rings (SSSR count).